The zero-order valence-electron chi connectivity index (χ0n) is 17.4. The summed E-state index contributed by atoms with van der Waals surface area (Å²) in [5.41, 5.74) is 2.62. The third-order valence-corrected chi connectivity index (χ3v) is 5.85. The van der Waals surface area contributed by atoms with Crippen LogP contribution < -0.4 is 10.1 Å². The molecule has 1 N–H and O–H groups in total. The number of carbonyl (C=O) groups excluding carboxylic acids is 1. The number of carbonyl (C=O) groups is 1. The van der Waals surface area contributed by atoms with E-state index >= 15 is 0 Å². The summed E-state index contributed by atoms with van der Waals surface area (Å²) in [5, 5.41) is 3.41. The number of aliphatic imine (C=N–C) groups is 1. The van der Waals surface area contributed by atoms with E-state index in [1.165, 1.54) is 11.1 Å². The molecule has 1 unspecified atom stereocenters. The Hall–Kier alpha value is -2.28. The number of amides is 1. The average Bonchev–Trinajstić information content (AvgIpc) is 3.44. The van der Waals surface area contributed by atoms with Crippen LogP contribution in [0.3, 0.4) is 0 Å². The number of guanidine groups is 1. The maximum Gasteiger partial charge on any atom is 0.251 e. The van der Waals surface area contributed by atoms with E-state index in [9.17, 15) is 4.79 Å². The summed E-state index contributed by atoms with van der Waals surface area (Å²) in [7, 11) is 0. The van der Waals surface area contributed by atoms with Crippen molar-refractivity contribution in [1.29, 1.82) is 0 Å². The molecule has 0 aromatic heterocycles. The van der Waals surface area contributed by atoms with Crippen molar-refractivity contribution in [1.82, 2.24) is 15.1 Å². The molecule has 0 spiro atoms. The van der Waals surface area contributed by atoms with Gasteiger partial charge in [-0.1, -0.05) is 12.1 Å². The van der Waals surface area contributed by atoms with E-state index in [-0.39, 0.29) is 12.0 Å². The molecule has 4 rings (SSSR count). The predicted octanol–water partition coefficient (Wildman–Crippen LogP) is 1.45. The van der Waals surface area contributed by atoms with Crippen LogP contribution in [0.4, 0.5) is 0 Å². The number of nitrogens with one attached hydrogen (secondary N) is 1. The predicted molar refractivity (Wildman–Crippen MR) is 112 cm³/mol. The fraction of sp³-hybridized carbons (Fsp3) is 0.636. The van der Waals surface area contributed by atoms with E-state index in [4.69, 9.17) is 14.5 Å². The number of hydrogen-bond acceptors (Lipinski definition) is 4. The molecule has 7 nitrogen and oxygen atoms in total. The van der Waals surface area contributed by atoms with Crippen molar-refractivity contribution < 1.29 is 14.3 Å². The first-order valence-electron chi connectivity index (χ1n) is 10.9. The van der Waals surface area contributed by atoms with Crippen LogP contribution in [0.15, 0.2) is 23.2 Å². The van der Waals surface area contributed by atoms with Crippen molar-refractivity contribution in [3.05, 3.63) is 29.3 Å². The van der Waals surface area contributed by atoms with Crippen molar-refractivity contribution in [3.63, 3.8) is 0 Å². The van der Waals surface area contributed by atoms with Crippen LogP contribution in [0, 0.1) is 0 Å². The van der Waals surface area contributed by atoms with Gasteiger partial charge in [-0.2, -0.15) is 0 Å². The van der Waals surface area contributed by atoms with Crippen LogP contribution in [0.1, 0.15) is 30.9 Å². The Morgan fingerprint density at radius 3 is 2.79 bits per heavy atom. The van der Waals surface area contributed by atoms with Gasteiger partial charge < -0.3 is 24.6 Å². The van der Waals surface area contributed by atoms with Crippen molar-refractivity contribution in [3.8, 4) is 5.75 Å². The number of fused-ring (bicyclic) bond motifs is 1. The van der Waals surface area contributed by atoms with Crippen LogP contribution in [-0.2, 0) is 22.4 Å². The molecule has 1 aromatic rings. The highest BCUT2D eigenvalue weighted by atomic mass is 16.5. The lowest BCUT2D eigenvalue weighted by molar-refractivity contribution is -0.142. The van der Waals surface area contributed by atoms with Crippen molar-refractivity contribution in [2.24, 2.45) is 4.99 Å². The summed E-state index contributed by atoms with van der Waals surface area (Å²) in [6.07, 6.45) is 3.55. The average molecular weight is 401 g/mol. The first-order chi connectivity index (χ1) is 14.2. The van der Waals surface area contributed by atoms with Crippen LogP contribution in [-0.4, -0.2) is 80.3 Å². The Bertz CT molecular complexity index is 738. The normalized spacial score (nSPS) is 21.8. The molecule has 1 amide bonds. The van der Waals surface area contributed by atoms with Gasteiger partial charge in [0.15, 0.2) is 5.96 Å². The number of hydrogen-bond donors (Lipinski definition) is 1. The second-order valence-electron chi connectivity index (χ2n) is 7.84. The van der Waals surface area contributed by atoms with Crippen LogP contribution in [0.2, 0.25) is 0 Å². The molecule has 3 aliphatic heterocycles. The number of nitrogens with zero attached hydrogens (tertiary/aromatic N) is 3. The lowest BCUT2D eigenvalue weighted by Crippen LogP contribution is -2.55. The fourth-order valence-corrected chi connectivity index (χ4v) is 4.23. The monoisotopic (exact) mass is 400 g/mol. The highest BCUT2D eigenvalue weighted by Crippen LogP contribution is 2.26. The van der Waals surface area contributed by atoms with Gasteiger partial charge in [-0.3, -0.25) is 9.79 Å². The van der Waals surface area contributed by atoms with E-state index < -0.39 is 0 Å². The van der Waals surface area contributed by atoms with Crippen LogP contribution in [0.5, 0.6) is 5.75 Å². The Labute approximate surface area is 173 Å². The summed E-state index contributed by atoms with van der Waals surface area (Å²) in [4.78, 5) is 21.6. The quantitative estimate of drug-likeness (QED) is 0.599. The minimum atomic E-state index is -0.221. The first-order valence-corrected chi connectivity index (χ1v) is 10.9. The number of rotatable bonds is 5. The fourth-order valence-electron chi connectivity index (χ4n) is 4.23. The SMILES string of the molecule is CCNC(=NCCc1ccc2c(c1)CCO2)N1CCN(C(=O)C2CCCO2)CC1. The number of benzene rings is 1. The molecule has 0 radical (unpaired) electrons. The van der Waals surface area contributed by atoms with Gasteiger partial charge in [-0.05, 0) is 43.4 Å². The zero-order valence-corrected chi connectivity index (χ0v) is 17.4. The lowest BCUT2D eigenvalue weighted by Gasteiger charge is -2.37. The summed E-state index contributed by atoms with van der Waals surface area (Å²) in [6, 6.07) is 6.47. The topological polar surface area (TPSA) is 66.4 Å². The van der Waals surface area contributed by atoms with Gasteiger partial charge >= 0.3 is 0 Å². The molecule has 1 aromatic carbocycles. The first kappa shape index (κ1) is 20.0. The third kappa shape index (κ3) is 4.83. The molecule has 0 bridgehead atoms. The number of piperazine rings is 1. The summed E-state index contributed by atoms with van der Waals surface area (Å²) < 4.78 is 11.1. The van der Waals surface area contributed by atoms with Gasteiger partial charge in [0, 0.05) is 52.3 Å². The summed E-state index contributed by atoms with van der Waals surface area (Å²) in [5.74, 6) is 2.13. The largest absolute Gasteiger partial charge is 0.493 e. The minimum Gasteiger partial charge on any atom is -0.493 e. The molecular weight excluding hydrogens is 368 g/mol. The Morgan fingerprint density at radius 1 is 1.21 bits per heavy atom. The molecular formula is C22H32N4O3. The van der Waals surface area contributed by atoms with E-state index in [0.29, 0.717) is 6.61 Å². The second-order valence-corrected chi connectivity index (χ2v) is 7.84. The van der Waals surface area contributed by atoms with Gasteiger partial charge in [0.1, 0.15) is 11.9 Å². The molecule has 0 aliphatic carbocycles. The molecule has 2 saturated heterocycles. The van der Waals surface area contributed by atoms with Crippen molar-refractivity contribution >= 4 is 11.9 Å². The Morgan fingerprint density at radius 2 is 2.03 bits per heavy atom. The van der Waals surface area contributed by atoms with E-state index in [1.807, 2.05) is 4.90 Å². The lowest BCUT2D eigenvalue weighted by atomic mass is 10.1. The molecule has 29 heavy (non-hydrogen) atoms. The molecule has 1 atom stereocenters. The molecule has 0 saturated carbocycles. The smallest absolute Gasteiger partial charge is 0.251 e. The Balaban J connectivity index is 1.30. The summed E-state index contributed by atoms with van der Waals surface area (Å²) in [6.45, 7) is 8.25. The van der Waals surface area contributed by atoms with E-state index in [0.717, 1.165) is 83.3 Å². The minimum absolute atomic E-state index is 0.157. The Kier molecular flexibility index (Phi) is 6.54. The highest BCUT2D eigenvalue weighted by molar-refractivity contribution is 5.82. The molecule has 3 aliphatic rings. The van der Waals surface area contributed by atoms with Gasteiger partial charge in [-0.15, -0.1) is 0 Å². The molecule has 2 fully saturated rings. The van der Waals surface area contributed by atoms with Gasteiger partial charge in [0.05, 0.1) is 6.61 Å². The highest BCUT2D eigenvalue weighted by Gasteiger charge is 2.30. The van der Waals surface area contributed by atoms with Crippen molar-refractivity contribution in [2.45, 2.75) is 38.7 Å². The summed E-state index contributed by atoms with van der Waals surface area (Å²) >= 11 is 0. The standard InChI is InChI=1S/C22H32N4O3/c1-2-23-22(24-9-7-17-5-6-19-18(16-17)8-15-29-19)26-12-10-25(11-13-26)21(27)20-4-3-14-28-20/h5-6,16,20H,2-4,7-15H2,1H3,(H,23,24). The molecule has 158 valence electrons. The molecule has 3 heterocycles. The van der Waals surface area contributed by atoms with Gasteiger partial charge in [0.2, 0.25) is 0 Å². The van der Waals surface area contributed by atoms with E-state index in [1.54, 1.807) is 0 Å². The van der Waals surface area contributed by atoms with Crippen LogP contribution >= 0.6 is 0 Å². The maximum atomic E-state index is 12.5. The van der Waals surface area contributed by atoms with Crippen molar-refractivity contribution in [2.75, 3.05) is 52.5 Å². The van der Waals surface area contributed by atoms with Gasteiger partial charge in [0.25, 0.3) is 5.91 Å². The molecule has 7 heteroatoms. The maximum absolute atomic E-state index is 12.5. The van der Waals surface area contributed by atoms with E-state index in [2.05, 4.69) is 35.3 Å². The second kappa shape index (κ2) is 9.48. The number of ether oxygens (including phenoxy) is 2. The third-order valence-electron chi connectivity index (χ3n) is 5.85. The zero-order chi connectivity index (χ0) is 20.1. The van der Waals surface area contributed by atoms with Crippen LogP contribution in [0.25, 0.3) is 0 Å². The van der Waals surface area contributed by atoms with Gasteiger partial charge in [-0.25, -0.2) is 0 Å².